The van der Waals surface area contributed by atoms with Crippen molar-refractivity contribution >= 4 is 5.91 Å². The van der Waals surface area contributed by atoms with E-state index in [-0.39, 0.29) is 23.2 Å². The molecule has 0 saturated carbocycles. The van der Waals surface area contributed by atoms with Crippen LogP contribution < -0.4 is 15.6 Å². The van der Waals surface area contributed by atoms with Gasteiger partial charge in [-0.1, -0.05) is 31.0 Å². The zero-order chi connectivity index (χ0) is 18.4. The molecule has 2 aromatic rings. The van der Waals surface area contributed by atoms with E-state index < -0.39 is 0 Å². The second kappa shape index (κ2) is 8.46. The van der Waals surface area contributed by atoms with Gasteiger partial charge in [-0.25, -0.2) is 4.68 Å². The van der Waals surface area contributed by atoms with Crippen molar-refractivity contribution in [3.8, 4) is 5.75 Å². The van der Waals surface area contributed by atoms with Gasteiger partial charge in [-0.2, -0.15) is 5.10 Å². The number of hydrogen-bond acceptors (Lipinski definition) is 4. The van der Waals surface area contributed by atoms with E-state index in [0.717, 1.165) is 29.7 Å². The molecule has 134 valence electrons. The van der Waals surface area contributed by atoms with Gasteiger partial charge in [0.2, 0.25) is 0 Å². The summed E-state index contributed by atoms with van der Waals surface area (Å²) >= 11 is 0. The number of amides is 1. The summed E-state index contributed by atoms with van der Waals surface area (Å²) < 4.78 is 6.72. The predicted molar refractivity (Wildman–Crippen MR) is 97.0 cm³/mol. The third kappa shape index (κ3) is 4.68. The van der Waals surface area contributed by atoms with Crippen molar-refractivity contribution in [2.75, 3.05) is 7.11 Å². The standard InChI is InChI=1S/C19H25N3O3/c1-5-6-11-22-18(23)10-8-16(21-22)19(24)20-14(3)15-12-13(2)7-9-17(15)25-4/h7-10,12,14H,5-6,11H2,1-4H3,(H,20,24). The summed E-state index contributed by atoms with van der Waals surface area (Å²) in [5, 5.41) is 7.10. The molecular formula is C19H25N3O3. The number of carbonyl (C=O) groups is 1. The molecule has 0 saturated heterocycles. The molecule has 2 rings (SSSR count). The van der Waals surface area contributed by atoms with Crippen molar-refractivity contribution < 1.29 is 9.53 Å². The van der Waals surface area contributed by atoms with Gasteiger partial charge in [-0.15, -0.1) is 0 Å². The van der Waals surface area contributed by atoms with E-state index in [4.69, 9.17) is 4.74 Å². The SMILES string of the molecule is CCCCn1nc(C(=O)NC(C)c2cc(C)ccc2OC)ccc1=O. The molecule has 1 N–H and O–H groups in total. The predicted octanol–water partition coefficient (Wildman–Crippen LogP) is 2.85. The smallest absolute Gasteiger partial charge is 0.272 e. The van der Waals surface area contributed by atoms with Crippen LogP contribution in [0.15, 0.2) is 35.1 Å². The van der Waals surface area contributed by atoms with E-state index >= 15 is 0 Å². The topological polar surface area (TPSA) is 73.2 Å². The van der Waals surface area contributed by atoms with Gasteiger partial charge in [0.05, 0.1) is 13.2 Å². The van der Waals surface area contributed by atoms with Crippen LogP contribution in [0, 0.1) is 6.92 Å². The molecule has 1 amide bonds. The molecule has 0 bridgehead atoms. The molecule has 6 heteroatoms. The number of nitrogens with one attached hydrogen (secondary N) is 1. The average molecular weight is 343 g/mol. The van der Waals surface area contributed by atoms with E-state index in [1.165, 1.54) is 16.8 Å². The lowest BCUT2D eigenvalue weighted by atomic mass is 10.0. The van der Waals surface area contributed by atoms with Crippen LogP contribution in [0.5, 0.6) is 5.75 Å². The molecule has 0 radical (unpaired) electrons. The Balaban J connectivity index is 2.19. The maximum absolute atomic E-state index is 12.5. The summed E-state index contributed by atoms with van der Waals surface area (Å²) in [6, 6.07) is 8.42. The zero-order valence-electron chi connectivity index (χ0n) is 15.2. The molecule has 1 atom stereocenters. The summed E-state index contributed by atoms with van der Waals surface area (Å²) in [5.41, 5.74) is 2.02. The van der Waals surface area contributed by atoms with Crippen molar-refractivity contribution in [2.45, 2.75) is 46.2 Å². The molecule has 1 heterocycles. The zero-order valence-corrected chi connectivity index (χ0v) is 15.2. The number of methoxy groups -OCH3 is 1. The van der Waals surface area contributed by atoms with Crippen molar-refractivity contribution in [3.05, 3.63) is 57.5 Å². The van der Waals surface area contributed by atoms with Crippen LogP contribution in [-0.2, 0) is 6.54 Å². The Labute approximate surface area is 147 Å². The van der Waals surface area contributed by atoms with Crippen molar-refractivity contribution in [1.82, 2.24) is 15.1 Å². The molecular weight excluding hydrogens is 318 g/mol. The van der Waals surface area contributed by atoms with Crippen LogP contribution in [0.2, 0.25) is 0 Å². The number of carbonyl (C=O) groups excluding carboxylic acids is 1. The molecule has 1 aromatic heterocycles. The Hall–Kier alpha value is -2.63. The van der Waals surface area contributed by atoms with Gasteiger partial charge in [-0.3, -0.25) is 9.59 Å². The first-order valence-electron chi connectivity index (χ1n) is 8.49. The summed E-state index contributed by atoms with van der Waals surface area (Å²) in [7, 11) is 1.61. The first-order valence-corrected chi connectivity index (χ1v) is 8.49. The van der Waals surface area contributed by atoms with Gasteiger partial charge >= 0.3 is 0 Å². The summed E-state index contributed by atoms with van der Waals surface area (Å²) in [4.78, 5) is 24.3. The van der Waals surface area contributed by atoms with Crippen molar-refractivity contribution in [2.24, 2.45) is 0 Å². The number of unbranched alkanes of at least 4 members (excludes halogenated alkanes) is 1. The summed E-state index contributed by atoms with van der Waals surface area (Å²) in [6.07, 6.45) is 1.80. The number of aromatic nitrogens is 2. The van der Waals surface area contributed by atoms with E-state index in [0.29, 0.717) is 6.54 Å². The number of ether oxygens (including phenoxy) is 1. The van der Waals surface area contributed by atoms with Gasteiger partial charge in [-0.05, 0) is 32.4 Å². The minimum atomic E-state index is -0.318. The maximum Gasteiger partial charge on any atom is 0.272 e. The van der Waals surface area contributed by atoms with Crippen LogP contribution in [0.25, 0.3) is 0 Å². The quantitative estimate of drug-likeness (QED) is 0.839. The maximum atomic E-state index is 12.5. The lowest BCUT2D eigenvalue weighted by Gasteiger charge is -2.18. The number of benzene rings is 1. The molecule has 1 aromatic carbocycles. The first kappa shape index (κ1) is 18.7. The van der Waals surface area contributed by atoms with E-state index in [9.17, 15) is 9.59 Å². The van der Waals surface area contributed by atoms with Crippen LogP contribution in [0.1, 0.15) is 54.3 Å². The third-order valence-electron chi connectivity index (χ3n) is 4.02. The van der Waals surface area contributed by atoms with Crippen LogP contribution >= 0.6 is 0 Å². The number of nitrogens with zero attached hydrogens (tertiary/aromatic N) is 2. The van der Waals surface area contributed by atoms with Gasteiger partial charge in [0.15, 0.2) is 0 Å². The molecule has 0 aliphatic carbocycles. The minimum absolute atomic E-state index is 0.196. The summed E-state index contributed by atoms with van der Waals surface area (Å²) in [5.74, 6) is 0.403. The van der Waals surface area contributed by atoms with Gasteiger partial charge in [0.1, 0.15) is 11.4 Å². The average Bonchev–Trinajstić information content (AvgIpc) is 2.60. The second-order valence-corrected chi connectivity index (χ2v) is 6.07. The van der Waals surface area contributed by atoms with Gasteiger partial charge in [0.25, 0.3) is 11.5 Å². The highest BCUT2D eigenvalue weighted by molar-refractivity contribution is 5.92. The molecule has 1 unspecified atom stereocenters. The molecule has 25 heavy (non-hydrogen) atoms. The van der Waals surface area contributed by atoms with Crippen LogP contribution in [0.4, 0.5) is 0 Å². The molecule has 0 spiro atoms. The molecule has 6 nitrogen and oxygen atoms in total. The van der Waals surface area contributed by atoms with E-state index in [2.05, 4.69) is 10.4 Å². The normalized spacial score (nSPS) is 11.8. The van der Waals surface area contributed by atoms with Crippen molar-refractivity contribution in [3.63, 3.8) is 0 Å². The van der Waals surface area contributed by atoms with Crippen LogP contribution in [0.3, 0.4) is 0 Å². The first-order chi connectivity index (χ1) is 12.0. The van der Waals surface area contributed by atoms with E-state index in [1.54, 1.807) is 7.11 Å². The van der Waals surface area contributed by atoms with Gasteiger partial charge in [0, 0.05) is 18.2 Å². The Morgan fingerprint density at radius 2 is 2.08 bits per heavy atom. The fourth-order valence-electron chi connectivity index (χ4n) is 2.58. The number of aryl methyl sites for hydroxylation is 2. The minimum Gasteiger partial charge on any atom is -0.496 e. The lowest BCUT2D eigenvalue weighted by Crippen LogP contribution is -2.31. The largest absolute Gasteiger partial charge is 0.496 e. The highest BCUT2D eigenvalue weighted by Gasteiger charge is 2.17. The highest BCUT2D eigenvalue weighted by Crippen LogP contribution is 2.26. The van der Waals surface area contributed by atoms with Gasteiger partial charge < -0.3 is 10.1 Å². The number of rotatable bonds is 7. The van der Waals surface area contributed by atoms with Crippen molar-refractivity contribution in [1.29, 1.82) is 0 Å². The monoisotopic (exact) mass is 343 g/mol. The Kier molecular flexibility index (Phi) is 6.33. The van der Waals surface area contributed by atoms with E-state index in [1.807, 2.05) is 39.0 Å². The molecule has 0 aliphatic rings. The molecule has 0 fully saturated rings. The Morgan fingerprint density at radius 3 is 2.76 bits per heavy atom. The molecule has 0 aliphatic heterocycles. The highest BCUT2D eigenvalue weighted by atomic mass is 16.5. The fourth-order valence-corrected chi connectivity index (χ4v) is 2.58. The third-order valence-corrected chi connectivity index (χ3v) is 4.02. The Bertz CT molecular complexity index is 799. The summed E-state index contributed by atoms with van der Waals surface area (Å²) in [6.45, 7) is 6.43. The second-order valence-electron chi connectivity index (χ2n) is 6.07. The van der Waals surface area contributed by atoms with Crippen LogP contribution in [-0.4, -0.2) is 22.8 Å². The Morgan fingerprint density at radius 1 is 1.32 bits per heavy atom. The lowest BCUT2D eigenvalue weighted by molar-refractivity contribution is 0.0931. The number of hydrogen-bond donors (Lipinski definition) is 1. The fraction of sp³-hybridized carbons (Fsp3) is 0.421.